The summed E-state index contributed by atoms with van der Waals surface area (Å²) in [5.74, 6) is 0. The molecule has 2 aromatic rings. The molecule has 0 atom stereocenters. The van der Waals surface area contributed by atoms with Crippen LogP contribution in [0.15, 0.2) is 42.5 Å². The van der Waals surface area contributed by atoms with Crippen molar-refractivity contribution >= 4 is 17.1 Å². The Morgan fingerprint density at radius 2 is 2.00 bits per heavy atom. The van der Waals surface area contributed by atoms with Gasteiger partial charge in [0.05, 0.1) is 23.0 Å². The van der Waals surface area contributed by atoms with Crippen LogP contribution in [0.2, 0.25) is 0 Å². The van der Waals surface area contributed by atoms with Crippen molar-refractivity contribution in [3.63, 3.8) is 0 Å². The maximum absolute atomic E-state index is 9.01. The summed E-state index contributed by atoms with van der Waals surface area (Å²) in [6, 6.07) is 15.8. The fourth-order valence-corrected chi connectivity index (χ4v) is 2.13. The third-order valence-electron chi connectivity index (χ3n) is 3.08. The second-order valence-electron chi connectivity index (χ2n) is 4.47. The molecule has 3 heteroatoms. The van der Waals surface area contributed by atoms with Gasteiger partial charge in [0, 0.05) is 12.2 Å². The summed E-state index contributed by atoms with van der Waals surface area (Å²) in [5, 5.41) is 9.01. The predicted octanol–water partition coefficient (Wildman–Crippen LogP) is 3.61. The van der Waals surface area contributed by atoms with E-state index >= 15 is 0 Å². The smallest absolute Gasteiger partial charge is 0.0992 e. The highest BCUT2D eigenvalue weighted by atomic mass is 15.1. The van der Waals surface area contributed by atoms with Gasteiger partial charge in [-0.2, -0.15) is 5.26 Å². The first-order chi connectivity index (χ1) is 9.15. The number of nitrogens with zero attached hydrogens (tertiary/aromatic N) is 2. The van der Waals surface area contributed by atoms with E-state index in [1.165, 1.54) is 5.56 Å². The van der Waals surface area contributed by atoms with Gasteiger partial charge in [-0.15, -0.1) is 0 Å². The summed E-state index contributed by atoms with van der Waals surface area (Å²) in [5.41, 5.74) is 10.5. The number of nitrogen functional groups attached to an aromatic ring is 1. The van der Waals surface area contributed by atoms with E-state index in [9.17, 15) is 0 Å². The van der Waals surface area contributed by atoms with Crippen molar-refractivity contribution in [2.24, 2.45) is 0 Å². The number of nitriles is 1. The van der Waals surface area contributed by atoms with Crippen molar-refractivity contribution in [3.8, 4) is 6.07 Å². The van der Waals surface area contributed by atoms with Gasteiger partial charge >= 0.3 is 0 Å². The van der Waals surface area contributed by atoms with Crippen LogP contribution in [-0.4, -0.2) is 6.54 Å². The molecule has 0 saturated carbocycles. The van der Waals surface area contributed by atoms with Crippen molar-refractivity contribution in [1.82, 2.24) is 0 Å². The fourth-order valence-electron chi connectivity index (χ4n) is 2.13. The first-order valence-electron chi connectivity index (χ1n) is 6.29. The SMILES string of the molecule is CCN(c1cccc(C)c1)c1cc(C#N)ccc1N. The van der Waals surface area contributed by atoms with Crippen LogP contribution in [0.4, 0.5) is 17.1 Å². The van der Waals surface area contributed by atoms with E-state index in [0.29, 0.717) is 11.3 Å². The van der Waals surface area contributed by atoms with Crippen LogP contribution < -0.4 is 10.6 Å². The summed E-state index contributed by atoms with van der Waals surface area (Å²) >= 11 is 0. The van der Waals surface area contributed by atoms with Gasteiger partial charge in [0.25, 0.3) is 0 Å². The van der Waals surface area contributed by atoms with E-state index in [0.717, 1.165) is 17.9 Å². The third kappa shape index (κ3) is 2.69. The molecule has 0 aromatic heterocycles. The average Bonchev–Trinajstić information content (AvgIpc) is 2.42. The van der Waals surface area contributed by atoms with Gasteiger partial charge in [0.1, 0.15) is 0 Å². The van der Waals surface area contributed by atoms with Crippen LogP contribution in [0.5, 0.6) is 0 Å². The molecule has 2 aromatic carbocycles. The number of hydrogen-bond donors (Lipinski definition) is 1. The number of anilines is 3. The van der Waals surface area contributed by atoms with Crippen LogP contribution in [-0.2, 0) is 0 Å². The minimum atomic E-state index is 0.621. The Morgan fingerprint density at radius 3 is 2.63 bits per heavy atom. The standard InChI is InChI=1S/C16H17N3/c1-3-19(14-6-4-5-12(2)9-14)16-10-13(11-17)7-8-15(16)18/h4-10H,3,18H2,1-2H3. The minimum absolute atomic E-state index is 0.621. The molecule has 96 valence electrons. The van der Waals surface area contributed by atoms with Crippen molar-refractivity contribution < 1.29 is 0 Å². The zero-order valence-electron chi connectivity index (χ0n) is 11.2. The summed E-state index contributed by atoms with van der Waals surface area (Å²) in [4.78, 5) is 2.11. The van der Waals surface area contributed by atoms with E-state index in [-0.39, 0.29) is 0 Å². The number of aryl methyl sites for hydroxylation is 1. The predicted molar refractivity (Wildman–Crippen MR) is 79.4 cm³/mol. The molecule has 0 aliphatic carbocycles. The van der Waals surface area contributed by atoms with Crippen molar-refractivity contribution in [2.75, 3.05) is 17.2 Å². The number of rotatable bonds is 3. The lowest BCUT2D eigenvalue weighted by molar-refractivity contribution is 1.02. The molecule has 0 spiro atoms. The monoisotopic (exact) mass is 251 g/mol. The van der Waals surface area contributed by atoms with E-state index in [2.05, 4.69) is 43.0 Å². The Hall–Kier alpha value is -2.47. The number of benzene rings is 2. The Bertz CT molecular complexity index is 626. The molecule has 0 amide bonds. The topological polar surface area (TPSA) is 53.0 Å². The summed E-state index contributed by atoms with van der Waals surface area (Å²) in [6.45, 7) is 4.93. The normalized spacial score (nSPS) is 9.95. The van der Waals surface area contributed by atoms with E-state index in [4.69, 9.17) is 11.0 Å². The molecule has 0 aliphatic heterocycles. The Labute approximate surface area is 113 Å². The van der Waals surface area contributed by atoms with E-state index in [1.54, 1.807) is 12.1 Å². The maximum atomic E-state index is 9.01. The van der Waals surface area contributed by atoms with Crippen LogP contribution >= 0.6 is 0 Å². The molecule has 0 unspecified atom stereocenters. The second kappa shape index (κ2) is 5.45. The quantitative estimate of drug-likeness (QED) is 0.848. The first kappa shape index (κ1) is 13.0. The molecule has 2 rings (SSSR count). The van der Waals surface area contributed by atoms with Gasteiger partial charge < -0.3 is 10.6 Å². The van der Waals surface area contributed by atoms with E-state index < -0.39 is 0 Å². The first-order valence-corrected chi connectivity index (χ1v) is 6.29. The number of hydrogen-bond acceptors (Lipinski definition) is 3. The summed E-state index contributed by atoms with van der Waals surface area (Å²) in [7, 11) is 0. The maximum Gasteiger partial charge on any atom is 0.0992 e. The van der Waals surface area contributed by atoms with Crippen molar-refractivity contribution in [3.05, 3.63) is 53.6 Å². The van der Waals surface area contributed by atoms with Crippen molar-refractivity contribution in [2.45, 2.75) is 13.8 Å². The molecular weight excluding hydrogens is 234 g/mol. The van der Waals surface area contributed by atoms with Gasteiger partial charge in [0.2, 0.25) is 0 Å². The molecule has 0 fully saturated rings. The highest BCUT2D eigenvalue weighted by Crippen LogP contribution is 2.31. The van der Waals surface area contributed by atoms with Gasteiger partial charge in [-0.3, -0.25) is 0 Å². The van der Waals surface area contributed by atoms with Gasteiger partial charge in [0.15, 0.2) is 0 Å². The molecule has 3 nitrogen and oxygen atoms in total. The van der Waals surface area contributed by atoms with E-state index in [1.807, 2.05) is 12.1 Å². The zero-order chi connectivity index (χ0) is 13.8. The molecule has 19 heavy (non-hydrogen) atoms. The summed E-state index contributed by atoms with van der Waals surface area (Å²) in [6.07, 6.45) is 0. The van der Waals surface area contributed by atoms with Crippen LogP contribution in [0, 0.1) is 18.3 Å². The highest BCUT2D eigenvalue weighted by molar-refractivity contribution is 5.76. The minimum Gasteiger partial charge on any atom is -0.397 e. The summed E-state index contributed by atoms with van der Waals surface area (Å²) < 4.78 is 0. The molecule has 0 saturated heterocycles. The molecule has 2 N–H and O–H groups in total. The van der Waals surface area contributed by atoms with Crippen molar-refractivity contribution in [1.29, 1.82) is 5.26 Å². The van der Waals surface area contributed by atoms with Crippen LogP contribution in [0.1, 0.15) is 18.1 Å². The Balaban J connectivity index is 2.51. The van der Waals surface area contributed by atoms with Crippen LogP contribution in [0.25, 0.3) is 0 Å². The Morgan fingerprint density at radius 1 is 1.21 bits per heavy atom. The molecule has 0 bridgehead atoms. The largest absolute Gasteiger partial charge is 0.397 e. The Kier molecular flexibility index (Phi) is 3.72. The molecule has 0 aliphatic rings. The second-order valence-corrected chi connectivity index (χ2v) is 4.47. The average molecular weight is 251 g/mol. The lowest BCUT2D eigenvalue weighted by Gasteiger charge is -2.25. The fraction of sp³-hybridized carbons (Fsp3) is 0.188. The molecule has 0 radical (unpaired) electrons. The van der Waals surface area contributed by atoms with Crippen LogP contribution in [0.3, 0.4) is 0 Å². The zero-order valence-corrected chi connectivity index (χ0v) is 11.2. The van der Waals surface area contributed by atoms with Gasteiger partial charge in [-0.1, -0.05) is 12.1 Å². The molecular formula is C16H17N3. The lowest BCUT2D eigenvalue weighted by Crippen LogP contribution is -2.17. The lowest BCUT2D eigenvalue weighted by atomic mass is 10.1. The van der Waals surface area contributed by atoms with Gasteiger partial charge in [-0.25, -0.2) is 0 Å². The third-order valence-corrected chi connectivity index (χ3v) is 3.08. The molecule has 0 heterocycles. The van der Waals surface area contributed by atoms with Gasteiger partial charge in [-0.05, 0) is 49.7 Å². The highest BCUT2D eigenvalue weighted by Gasteiger charge is 2.11. The number of nitrogens with two attached hydrogens (primary N) is 1.